The molecule has 5 heteroatoms. The number of furan rings is 1. The first-order valence-electron chi connectivity index (χ1n) is 7.68. The molecule has 0 radical (unpaired) electrons. The van der Waals surface area contributed by atoms with Crippen LogP contribution in [0.15, 0.2) is 35.1 Å². The predicted molar refractivity (Wildman–Crippen MR) is 80.9 cm³/mol. The van der Waals surface area contributed by atoms with Crippen LogP contribution in [0.2, 0.25) is 0 Å². The molecule has 3 aliphatic rings. The summed E-state index contributed by atoms with van der Waals surface area (Å²) in [7, 11) is 0. The summed E-state index contributed by atoms with van der Waals surface area (Å²) < 4.78 is 5.08. The first-order chi connectivity index (χ1) is 10.3. The summed E-state index contributed by atoms with van der Waals surface area (Å²) in [6, 6.07) is 6.97. The van der Waals surface area contributed by atoms with Crippen molar-refractivity contribution >= 4 is 5.82 Å². The van der Waals surface area contributed by atoms with Gasteiger partial charge in [0.1, 0.15) is 5.82 Å². The summed E-state index contributed by atoms with van der Waals surface area (Å²) in [5, 5.41) is 12.2. The average molecular weight is 284 g/mol. The highest BCUT2D eigenvalue weighted by molar-refractivity contribution is 5.57. The Morgan fingerprint density at radius 2 is 2.05 bits per heavy atom. The Kier molecular flexibility index (Phi) is 3.15. The van der Waals surface area contributed by atoms with Gasteiger partial charge in [0.15, 0.2) is 0 Å². The number of nitrogens with zero attached hydrogens (tertiary/aromatic N) is 3. The Morgan fingerprint density at radius 3 is 2.67 bits per heavy atom. The van der Waals surface area contributed by atoms with E-state index in [1.165, 1.54) is 25.9 Å². The highest BCUT2D eigenvalue weighted by Gasteiger charge is 2.39. The topological polar surface area (TPSA) is 54.2 Å². The number of aromatic nitrogens is 2. The standard InChI is InChI=1S/C16H20N4O/c1-11-16(12-4-7-20(11)8-5-12)17-15-3-2-14(18-19-15)13-6-9-21-10-13/h2-3,6,9-12,16H,4-5,7-8H2,1H3,(H,17,19)/t11-,16+/m1/s1. The lowest BCUT2D eigenvalue weighted by Gasteiger charge is -2.50. The molecule has 0 aliphatic carbocycles. The molecule has 5 heterocycles. The molecule has 0 aromatic carbocycles. The molecule has 5 rings (SSSR count). The minimum atomic E-state index is 0.488. The molecule has 5 nitrogen and oxygen atoms in total. The zero-order valence-electron chi connectivity index (χ0n) is 12.2. The lowest BCUT2D eigenvalue weighted by molar-refractivity contribution is 0.0457. The van der Waals surface area contributed by atoms with Gasteiger partial charge < -0.3 is 9.73 Å². The van der Waals surface area contributed by atoms with Crippen LogP contribution in [0.25, 0.3) is 11.3 Å². The maximum atomic E-state index is 5.08. The zero-order valence-corrected chi connectivity index (χ0v) is 12.2. The Morgan fingerprint density at radius 1 is 1.19 bits per heavy atom. The van der Waals surface area contributed by atoms with E-state index in [0.29, 0.717) is 12.1 Å². The van der Waals surface area contributed by atoms with Crippen molar-refractivity contribution in [2.45, 2.75) is 31.8 Å². The molecule has 0 unspecified atom stereocenters. The molecule has 1 N–H and O–H groups in total. The van der Waals surface area contributed by atoms with E-state index in [4.69, 9.17) is 4.42 Å². The molecule has 2 bridgehead atoms. The molecule has 21 heavy (non-hydrogen) atoms. The third kappa shape index (κ3) is 2.31. The smallest absolute Gasteiger partial charge is 0.148 e. The van der Waals surface area contributed by atoms with E-state index in [1.807, 2.05) is 18.2 Å². The Balaban J connectivity index is 1.50. The van der Waals surface area contributed by atoms with Crippen molar-refractivity contribution in [2.24, 2.45) is 5.92 Å². The van der Waals surface area contributed by atoms with Gasteiger partial charge >= 0.3 is 0 Å². The molecule has 0 saturated carbocycles. The minimum absolute atomic E-state index is 0.488. The van der Waals surface area contributed by atoms with E-state index in [-0.39, 0.29) is 0 Å². The van der Waals surface area contributed by atoms with Crippen molar-refractivity contribution < 1.29 is 4.42 Å². The Bertz CT molecular complexity index is 585. The third-order valence-electron chi connectivity index (χ3n) is 4.97. The number of piperidine rings is 3. The van der Waals surface area contributed by atoms with Gasteiger partial charge in [-0.25, -0.2) is 0 Å². The van der Waals surface area contributed by atoms with Crippen molar-refractivity contribution in [1.29, 1.82) is 0 Å². The SMILES string of the molecule is C[C@@H]1[C@H](Nc2ccc(-c3ccoc3)nn2)C2CCN1CC2. The van der Waals surface area contributed by atoms with Gasteiger partial charge in [-0.05, 0) is 57.0 Å². The van der Waals surface area contributed by atoms with E-state index in [9.17, 15) is 0 Å². The number of rotatable bonds is 3. The maximum Gasteiger partial charge on any atom is 0.148 e. The van der Waals surface area contributed by atoms with Crippen LogP contribution in [0.1, 0.15) is 19.8 Å². The second-order valence-corrected chi connectivity index (χ2v) is 6.10. The predicted octanol–water partition coefficient (Wildman–Crippen LogP) is 2.63. The molecule has 3 aliphatic heterocycles. The van der Waals surface area contributed by atoms with Crippen LogP contribution in [0.4, 0.5) is 5.82 Å². The average Bonchev–Trinajstić information content (AvgIpc) is 3.06. The highest BCUT2D eigenvalue weighted by atomic mass is 16.3. The Hall–Kier alpha value is -1.88. The van der Waals surface area contributed by atoms with Gasteiger partial charge in [-0.3, -0.25) is 4.90 Å². The van der Waals surface area contributed by atoms with E-state index in [2.05, 4.69) is 27.3 Å². The Labute approximate surface area is 124 Å². The quantitative estimate of drug-likeness (QED) is 0.939. The van der Waals surface area contributed by atoms with Gasteiger partial charge in [0, 0.05) is 17.6 Å². The zero-order chi connectivity index (χ0) is 14.2. The van der Waals surface area contributed by atoms with Crippen LogP contribution in [0.5, 0.6) is 0 Å². The second kappa shape index (κ2) is 5.15. The largest absolute Gasteiger partial charge is 0.472 e. The normalized spacial score (nSPS) is 31.3. The minimum Gasteiger partial charge on any atom is -0.472 e. The molecule has 0 amide bonds. The van der Waals surface area contributed by atoms with Crippen molar-refractivity contribution in [3.63, 3.8) is 0 Å². The monoisotopic (exact) mass is 284 g/mol. The molecular weight excluding hydrogens is 264 g/mol. The summed E-state index contributed by atoms with van der Waals surface area (Å²) >= 11 is 0. The summed E-state index contributed by atoms with van der Waals surface area (Å²) in [5.74, 6) is 1.63. The molecule has 2 atom stereocenters. The summed E-state index contributed by atoms with van der Waals surface area (Å²) in [6.45, 7) is 4.81. The molecule has 3 fully saturated rings. The highest BCUT2D eigenvalue weighted by Crippen LogP contribution is 2.33. The van der Waals surface area contributed by atoms with Gasteiger partial charge in [0.25, 0.3) is 0 Å². The number of hydrogen-bond acceptors (Lipinski definition) is 5. The second-order valence-electron chi connectivity index (χ2n) is 6.10. The fourth-order valence-electron chi connectivity index (χ4n) is 3.69. The van der Waals surface area contributed by atoms with Crippen LogP contribution in [0, 0.1) is 5.92 Å². The van der Waals surface area contributed by atoms with Crippen molar-refractivity contribution in [2.75, 3.05) is 18.4 Å². The first kappa shape index (κ1) is 12.8. The summed E-state index contributed by atoms with van der Waals surface area (Å²) in [5.41, 5.74) is 1.81. The van der Waals surface area contributed by atoms with Gasteiger partial charge in [0.05, 0.1) is 18.2 Å². The molecular formula is C16H20N4O. The first-order valence-corrected chi connectivity index (χ1v) is 7.68. The fourth-order valence-corrected chi connectivity index (χ4v) is 3.69. The lowest BCUT2D eigenvalue weighted by atomic mass is 9.79. The third-order valence-corrected chi connectivity index (χ3v) is 4.97. The van der Waals surface area contributed by atoms with Crippen LogP contribution in [-0.4, -0.2) is 40.3 Å². The van der Waals surface area contributed by atoms with Crippen LogP contribution in [0.3, 0.4) is 0 Å². The van der Waals surface area contributed by atoms with Crippen molar-refractivity contribution in [3.8, 4) is 11.3 Å². The van der Waals surface area contributed by atoms with Crippen molar-refractivity contribution in [3.05, 3.63) is 30.7 Å². The lowest BCUT2D eigenvalue weighted by Crippen LogP contribution is -2.59. The van der Waals surface area contributed by atoms with Crippen molar-refractivity contribution in [1.82, 2.24) is 15.1 Å². The van der Waals surface area contributed by atoms with Gasteiger partial charge in [-0.1, -0.05) is 0 Å². The number of nitrogens with one attached hydrogen (secondary N) is 1. The number of fused-ring (bicyclic) bond motifs is 3. The van der Waals surface area contributed by atoms with E-state index >= 15 is 0 Å². The summed E-state index contributed by atoms with van der Waals surface area (Å²) in [4.78, 5) is 2.57. The number of hydrogen-bond donors (Lipinski definition) is 1. The van der Waals surface area contributed by atoms with Gasteiger partial charge in [0.2, 0.25) is 0 Å². The maximum absolute atomic E-state index is 5.08. The van der Waals surface area contributed by atoms with E-state index in [1.54, 1.807) is 12.5 Å². The molecule has 0 spiro atoms. The van der Waals surface area contributed by atoms with Gasteiger partial charge in [-0.2, -0.15) is 0 Å². The fraction of sp³-hybridized carbons (Fsp3) is 0.500. The summed E-state index contributed by atoms with van der Waals surface area (Å²) in [6.07, 6.45) is 5.93. The molecule has 2 aromatic rings. The van der Waals surface area contributed by atoms with E-state index < -0.39 is 0 Å². The van der Waals surface area contributed by atoms with Crippen LogP contribution >= 0.6 is 0 Å². The molecule has 3 saturated heterocycles. The molecule has 2 aromatic heterocycles. The number of anilines is 1. The van der Waals surface area contributed by atoms with E-state index in [0.717, 1.165) is 23.0 Å². The van der Waals surface area contributed by atoms with Crippen LogP contribution in [-0.2, 0) is 0 Å². The van der Waals surface area contributed by atoms with Gasteiger partial charge in [-0.15, -0.1) is 10.2 Å². The molecule has 110 valence electrons. The van der Waals surface area contributed by atoms with Crippen LogP contribution < -0.4 is 5.32 Å².